The highest BCUT2D eigenvalue weighted by atomic mass is 16.5. The van der Waals surface area contributed by atoms with E-state index in [1.165, 1.54) is 7.11 Å². The number of ether oxygens (including phenoxy) is 2. The fourth-order valence-electron chi connectivity index (χ4n) is 2.62. The van der Waals surface area contributed by atoms with Gasteiger partial charge in [-0.25, -0.2) is 0 Å². The lowest BCUT2D eigenvalue weighted by Crippen LogP contribution is -2.53. The molecule has 1 unspecified atom stereocenters. The average Bonchev–Trinajstić information content (AvgIpc) is 3.00. The summed E-state index contributed by atoms with van der Waals surface area (Å²) in [7, 11) is 1.48. The molecule has 4 heteroatoms. The van der Waals surface area contributed by atoms with Crippen LogP contribution >= 0.6 is 0 Å². The molecule has 1 saturated carbocycles. The number of carbonyl (C=O) groups excluding carboxylic acids is 1. The first kappa shape index (κ1) is 11.9. The molecule has 0 radical (unpaired) electrons. The number of morpholine rings is 1. The molecular formula is C12H21NO3. The van der Waals surface area contributed by atoms with E-state index >= 15 is 0 Å². The van der Waals surface area contributed by atoms with Gasteiger partial charge in [0.1, 0.15) is 6.04 Å². The van der Waals surface area contributed by atoms with E-state index in [9.17, 15) is 4.79 Å². The lowest BCUT2D eigenvalue weighted by atomic mass is 10.1. The molecule has 3 atom stereocenters. The molecule has 2 fully saturated rings. The molecule has 0 aromatic carbocycles. The van der Waals surface area contributed by atoms with Gasteiger partial charge in [-0.15, -0.1) is 0 Å². The summed E-state index contributed by atoms with van der Waals surface area (Å²) in [6.45, 7) is 5.79. The number of esters is 1. The monoisotopic (exact) mass is 227 g/mol. The maximum atomic E-state index is 11.8. The summed E-state index contributed by atoms with van der Waals surface area (Å²) in [5, 5.41) is 0. The summed E-state index contributed by atoms with van der Waals surface area (Å²) in [5.74, 6) is 0.425. The van der Waals surface area contributed by atoms with Crippen LogP contribution in [-0.4, -0.2) is 49.3 Å². The van der Waals surface area contributed by atoms with Crippen LogP contribution in [0.5, 0.6) is 0 Å². The normalized spacial score (nSPS) is 33.4. The predicted molar refractivity (Wildman–Crippen MR) is 60.1 cm³/mol. The molecule has 0 aromatic rings. The highest BCUT2D eigenvalue weighted by Gasteiger charge is 2.42. The molecule has 4 nitrogen and oxygen atoms in total. The zero-order valence-electron chi connectivity index (χ0n) is 10.3. The van der Waals surface area contributed by atoms with Gasteiger partial charge in [-0.3, -0.25) is 9.69 Å². The van der Waals surface area contributed by atoms with Gasteiger partial charge in [0.05, 0.1) is 19.3 Å². The number of hydrogen-bond acceptors (Lipinski definition) is 4. The molecule has 1 aliphatic heterocycles. The van der Waals surface area contributed by atoms with Crippen LogP contribution in [0.25, 0.3) is 0 Å². The van der Waals surface area contributed by atoms with Gasteiger partial charge in [0.2, 0.25) is 0 Å². The second-order valence-electron chi connectivity index (χ2n) is 5.02. The SMILES string of the molecule is COC(=O)C(C1CC1)N1C[C@@H](C)O[C@@H](C)C1. The van der Waals surface area contributed by atoms with E-state index in [-0.39, 0.29) is 24.2 Å². The van der Waals surface area contributed by atoms with Gasteiger partial charge in [-0.05, 0) is 32.6 Å². The Hall–Kier alpha value is -0.610. The summed E-state index contributed by atoms with van der Waals surface area (Å²) in [4.78, 5) is 14.0. The van der Waals surface area contributed by atoms with Crippen LogP contribution in [0.3, 0.4) is 0 Å². The average molecular weight is 227 g/mol. The molecule has 2 aliphatic rings. The Morgan fingerprint density at radius 1 is 1.31 bits per heavy atom. The van der Waals surface area contributed by atoms with Crippen molar-refractivity contribution in [2.75, 3.05) is 20.2 Å². The van der Waals surface area contributed by atoms with Crippen molar-refractivity contribution < 1.29 is 14.3 Å². The van der Waals surface area contributed by atoms with Gasteiger partial charge >= 0.3 is 5.97 Å². The molecule has 0 amide bonds. The third kappa shape index (κ3) is 2.55. The number of carbonyl (C=O) groups is 1. The Bertz CT molecular complexity index is 255. The molecule has 0 spiro atoms. The first-order chi connectivity index (χ1) is 7.61. The van der Waals surface area contributed by atoms with Crippen LogP contribution < -0.4 is 0 Å². The first-order valence-electron chi connectivity index (χ1n) is 6.09. The van der Waals surface area contributed by atoms with E-state index < -0.39 is 0 Å². The smallest absolute Gasteiger partial charge is 0.323 e. The van der Waals surface area contributed by atoms with Crippen molar-refractivity contribution in [1.29, 1.82) is 0 Å². The van der Waals surface area contributed by atoms with Gasteiger partial charge in [-0.2, -0.15) is 0 Å². The standard InChI is InChI=1S/C12H21NO3/c1-8-6-13(7-9(2)16-8)11(10-4-5-10)12(14)15-3/h8-11H,4-7H2,1-3H3/t8-,9+,11?. The lowest BCUT2D eigenvalue weighted by Gasteiger charge is -2.39. The molecule has 0 N–H and O–H groups in total. The van der Waals surface area contributed by atoms with Crippen LogP contribution in [0.15, 0.2) is 0 Å². The maximum Gasteiger partial charge on any atom is 0.323 e. The van der Waals surface area contributed by atoms with Crippen LogP contribution in [0, 0.1) is 5.92 Å². The molecule has 1 saturated heterocycles. The quantitative estimate of drug-likeness (QED) is 0.675. The van der Waals surface area contributed by atoms with Gasteiger partial charge in [0.15, 0.2) is 0 Å². The van der Waals surface area contributed by atoms with Crippen molar-refractivity contribution in [3.05, 3.63) is 0 Å². The van der Waals surface area contributed by atoms with E-state index in [0.717, 1.165) is 25.9 Å². The van der Waals surface area contributed by atoms with E-state index in [2.05, 4.69) is 18.7 Å². The summed E-state index contributed by atoms with van der Waals surface area (Å²) in [5.41, 5.74) is 0. The summed E-state index contributed by atoms with van der Waals surface area (Å²) >= 11 is 0. The molecule has 16 heavy (non-hydrogen) atoms. The van der Waals surface area contributed by atoms with Gasteiger partial charge in [0, 0.05) is 13.1 Å². The molecule has 1 heterocycles. The first-order valence-corrected chi connectivity index (χ1v) is 6.09. The van der Waals surface area contributed by atoms with E-state index in [0.29, 0.717) is 5.92 Å². The highest BCUT2D eigenvalue weighted by molar-refractivity contribution is 5.76. The van der Waals surface area contributed by atoms with Crippen molar-refractivity contribution in [3.8, 4) is 0 Å². The fourth-order valence-corrected chi connectivity index (χ4v) is 2.62. The molecule has 0 bridgehead atoms. The van der Waals surface area contributed by atoms with Crippen LogP contribution in [0.1, 0.15) is 26.7 Å². The Balaban J connectivity index is 2.04. The number of rotatable bonds is 3. The Labute approximate surface area is 96.9 Å². The topological polar surface area (TPSA) is 38.8 Å². The zero-order valence-corrected chi connectivity index (χ0v) is 10.3. The third-order valence-corrected chi connectivity index (χ3v) is 3.35. The second-order valence-corrected chi connectivity index (χ2v) is 5.02. The zero-order chi connectivity index (χ0) is 11.7. The minimum Gasteiger partial charge on any atom is -0.468 e. The van der Waals surface area contributed by atoms with Crippen LogP contribution in [0.2, 0.25) is 0 Å². The minimum absolute atomic E-state index is 0.0428. The van der Waals surface area contributed by atoms with Crippen molar-refractivity contribution >= 4 is 5.97 Å². The van der Waals surface area contributed by atoms with E-state index in [1.807, 2.05) is 0 Å². The lowest BCUT2D eigenvalue weighted by molar-refractivity contribution is -0.153. The van der Waals surface area contributed by atoms with Gasteiger partial charge < -0.3 is 9.47 Å². The minimum atomic E-state index is -0.0798. The Morgan fingerprint density at radius 3 is 2.31 bits per heavy atom. The highest BCUT2D eigenvalue weighted by Crippen LogP contribution is 2.36. The van der Waals surface area contributed by atoms with Crippen LogP contribution in [0.4, 0.5) is 0 Å². The van der Waals surface area contributed by atoms with E-state index in [1.54, 1.807) is 0 Å². The Kier molecular flexibility index (Phi) is 3.50. The number of hydrogen-bond donors (Lipinski definition) is 0. The molecule has 2 rings (SSSR count). The van der Waals surface area contributed by atoms with Crippen molar-refractivity contribution in [1.82, 2.24) is 4.90 Å². The maximum absolute atomic E-state index is 11.8. The third-order valence-electron chi connectivity index (χ3n) is 3.35. The Morgan fingerprint density at radius 2 is 1.88 bits per heavy atom. The second kappa shape index (κ2) is 4.72. The van der Waals surface area contributed by atoms with Crippen molar-refractivity contribution in [3.63, 3.8) is 0 Å². The van der Waals surface area contributed by atoms with Gasteiger partial charge in [-0.1, -0.05) is 0 Å². The summed E-state index contributed by atoms with van der Waals surface area (Å²) in [6.07, 6.45) is 2.71. The molecule has 92 valence electrons. The van der Waals surface area contributed by atoms with E-state index in [4.69, 9.17) is 9.47 Å². The largest absolute Gasteiger partial charge is 0.468 e. The summed E-state index contributed by atoms with van der Waals surface area (Å²) < 4.78 is 10.6. The summed E-state index contributed by atoms with van der Waals surface area (Å²) in [6, 6.07) is -0.0428. The molecule has 0 aromatic heterocycles. The number of nitrogens with zero attached hydrogens (tertiary/aromatic N) is 1. The fraction of sp³-hybridized carbons (Fsp3) is 0.917. The predicted octanol–water partition coefficient (Wildman–Crippen LogP) is 1.05. The van der Waals surface area contributed by atoms with Crippen molar-refractivity contribution in [2.45, 2.75) is 44.9 Å². The van der Waals surface area contributed by atoms with Crippen LogP contribution in [-0.2, 0) is 14.3 Å². The number of methoxy groups -OCH3 is 1. The van der Waals surface area contributed by atoms with Crippen molar-refractivity contribution in [2.24, 2.45) is 5.92 Å². The van der Waals surface area contributed by atoms with Gasteiger partial charge in [0.25, 0.3) is 0 Å². The molecular weight excluding hydrogens is 206 g/mol. The molecule has 1 aliphatic carbocycles.